The van der Waals surface area contributed by atoms with E-state index < -0.39 is 12.1 Å². The lowest BCUT2D eigenvalue weighted by molar-refractivity contribution is -0.123. The van der Waals surface area contributed by atoms with E-state index in [0.717, 1.165) is 109 Å². The van der Waals surface area contributed by atoms with Gasteiger partial charge in [-0.25, -0.2) is 0 Å². The first-order valence-electron chi connectivity index (χ1n) is 31.4. The normalized spacial score (nSPS) is 13.7. The molecule has 0 spiro atoms. The quantitative estimate of drug-likeness (QED) is 0.0420. The molecule has 0 aromatic rings. The summed E-state index contributed by atoms with van der Waals surface area (Å²) in [7, 11) is 0. The van der Waals surface area contributed by atoms with Crippen LogP contribution >= 0.6 is 0 Å². The maximum atomic E-state index is 12.5. The van der Waals surface area contributed by atoms with Crippen LogP contribution in [0.4, 0.5) is 0 Å². The summed E-state index contributed by atoms with van der Waals surface area (Å²) in [6.07, 6.45) is 98.8. The molecular weight excluding hydrogens is 903 g/mol. The smallest absolute Gasteiger partial charge is 0.220 e. The molecule has 0 saturated heterocycles. The Hall–Kier alpha value is -3.47. The van der Waals surface area contributed by atoms with Crippen molar-refractivity contribution in [1.82, 2.24) is 5.32 Å². The van der Waals surface area contributed by atoms with Gasteiger partial charge in [0.2, 0.25) is 5.91 Å². The number of hydrogen-bond acceptors (Lipinski definition) is 3. The van der Waals surface area contributed by atoms with Crippen LogP contribution in [0, 0.1) is 0 Å². The Kier molecular flexibility index (Phi) is 60.8. The van der Waals surface area contributed by atoms with Crippen LogP contribution in [0.2, 0.25) is 0 Å². The van der Waals surface area contributed by atoms with E-state index >= 15 is 0 Å². The van der Waals surface area contributed by atoms with Crippen molar-refractivity contribution >= 4 is 5.91 Å². The molecule has 74 heavy (non-hydrogen) atoms. The average molecular weight is 1020 g/mol. The average Bonchev–Trinajstić information content (AvgIpc) is 3.40. The summed E-state index contributed by atoms with van der Waals surface area (Å²) in [4.78, 5) is 12.5. The van der Waals surface area contributed by atoms with Crippen LogP contribution < -0.4 is 5.32 Å². The summed E-state index contributed by atoms with van der Waals surface area (Å²) in [6.45, 7) is 4.25. The van der Waals surface area contributed by atoms with Gasteiger partial charge >= 0.3 is 0 Å². The predicted molar refractivity (Wildman–Crippen MR) is 331 cm³/mol. The van der Waals surface area contributed by atoms with E-state index in [0.29, 0.717) is 12.8 Å². The SMILES string of the molecule is CC/C=C\C/C=C\C/C=C\C/C=C\C/C=C\C/C=C\C/C=C\C/C=C\C/C=C\C/C=C\C/C=C\CCCCCCCC(=O)NC(CO)C(O)CCCCCCCCCCCCCCCCCCCCCCCCC. The van der Waals surface area contributed by atoms with Gasteiger partial charge in [-0.2, -0.15) is 0 Å². The fourth-order valence-corrected chi connectivity index (χ4v) is 8.96. The number of nitrogens with one attached hydrogen (secondary N) is 1. The minimum atomic E-state index is -0.679. The highest BCUT2D eigenvalue weighted by Crippen LogP contribution is 2.17. The summed E-state index contributed by atoms with van der Waals surface area (Å²) in [5.41, 5.74) is 0. The second-order valence-corrected chi connectivity index (χ2v) is 20.7. The van der Waals surface area contributed by atoms with Crippen molar-refractivity contribution in [2.24, 2.45) is 0 Å². The van der Waals surface area contributed by atoms with Crippen LogP contribution in [-0.2, 0) is 4.79 Å². The molecule has 0 aromatic heterocycles. The van der Waals surface area contributed by atoms with Crippen LogP contribution in [0.15, 0.2) is 134 Å². The molecule has 0 radical (unpaired) electrons. The lowest BCUT2D eigenvalue weighted by Crippen LogP contribution is -2.45. The predicted octanol–water partition coefficient (Wildman–Crippen LogP) is 21.4. The van der Waals surface area contributed by atoms with Crippen molar-refractivity contribution in [3.05, 3.63) is 134 Å². The lowest BCUT2D eigenvalue weighted by atomic mass is 10.0. The van der Waals surface area contributed by atoms with E-state index in [4.69, 9.17) is 0 Å². The van der Waals surface area contributed by atoms with Gasteiger partial charge in [0.05, 0.1) is 18.8 Å². The first kappa shape index (κ1) is 70.5. The van der Waals surface area contributed by atoms with Gasteiger partial charge in [0, 0.05) is 6.42 Å². The number of rotatable bonds is 56. The molecule has 4 heteroatoms. The van der Waals surface area contributed by atoms with Crippen molar-refractivity contribution < 1.29 is 15.0 Å². The van der Waals surface area contributed by atoms with Gasteiger partial charge in [-0.3, -0.25) is 4.79 Å². The molecule has 0 aliphatic carbocycles. The molecule has 2 unspecified atom stereocenters. The van der Waals surface area contributed by atoms with Gasteiger partial charge in [-0.05, 0) is 96.3 Å². The van der Waals surface area contributed by atoms with E-state index in [1.165, 1.54) is 148 Å². The summed E-state index contributed by atoms with van der Waals surface area (Å²) >= 11 is 0. The molecule has 0 bridgehead atoms. The molecule has 0 rings (SSSR count). The van der Waals surface area contributed by atoms with Crippen LogP contribution in [-0.4, -0.2) is 34.9 Å². The number of amides is 1. The molecule has 0 heterocycles. The van der Waals surface area contributed by atoms with Crippen LogP contribution in [0.25, 0.3) is 0 Å². The van der Waals surface area contributed by atoms with Crippen LogP contribution in [0.1, 0.15) is 284 Å². The molecule has 0 fully saturated rings. The van der Waals surface area contributed by atoms with Gasteiger partial charge in [-0.1, -0.05) is 314 Å². The largest absolute Gasteiger partial charge is 0.394 e. The Morgan fingerprint density at radius 1 is 0.338 bits per heavy atom. The molecule has 0 aliphatic heterocycles. The first-order valence-corrected chi connectivity index (χ1v) is 31.4. The fourth-order valence-electron chi connectivity index (χ4n) is 8.96. The number of aliphatic hydroxyl groups is 2. The minimum absolute atomic E-state index is 0.0527. The maximum Gasteiger partial charge on any atom is 0.220 e. The lowest BCUT2D eigenvalue weighted by Gasteiger charge is -2.22. The minimum Gasteiger partial charge on any atom is -0.394 e. The van der Waals surface area contributed by atoms with E-state index in [1.54, 1.807) is 0 Å². The molecule has 1 amide bonds. The maximum absolute atomic E-state index is 12.5. The van der Waals surface area contributed by atoms with Gasteiger partial charge < -0.3 is 15.5 Å². The summed E-state index contributed by atoms with van der Waals surface area (Å²) < 4.78 is 0. The Bertz CT molecular complexity index is 1490. The third-order valence-corrected chi connectivity index (χ3v) is 13.7. The van der Waals surface area contributed by atoms with E-state index in [1.807, 2.05) is 0 Å². The molecular formula is C70H119NO3. The molecule has 2 atom stereocenters. The number of unbranched alkanes of at least 4 members (excludes halogenated alkanes) is 27. The molecule has 3 N–H and O–H groups in total. The highest BCUT2D eigenvalue weighted by atomic mass is 16.3. The molecule has 0 aromatic carbocycles. The van der Waals surface area contributed by atoms with E-state index in [-0.39, 0.29) is 12.5 Å². The Labute approximate surface area is 460 Å². The summed E-state index contributed by atoms with van der Waals surface area (Å²) in [5.74, 6) is -0.0527. The molecule has 0 saturated carbocycles. The molecule has 422 valence electrons. The zero-order valence-corrected chi connectivity index (χ0v) is 48.6. The van der Waals surface area contributed by atoms with Gasteiger partial charge in [-0.15, -0.1) is 0 Å². The highest BCUT2D eigenvalue weighted by Gasteiger charge is 2.20. The zero-order valence-electron chi connectivity index (χ0n) is 48.6. The molecule has 0 aliphatic rings. The highest BCUT2D eigenvalue weighted by molar-refractivity contribution is 5.76. The second kappa shape index (κ2) is 63.8. The van der Waals surface area contributed by atoms with Gasteiger partial charge in [0.25, 0.3) is 0 Å². The van der Waals surface area contributed by atoms with Crippen LogP contribution in [0.5, 0.6) is 0 Å². The van der Waals surface area contributed by atoms with Crippen molar-refractivity contribution in [3.63, 3.8) is 0 Å². The van der Waals surface area contributed by atoms with Gasteiger partial charge in [0.15, 0.2) is 0 Å². The summed E-state index contributed by atoms with van der Waals surface area (Å²) in [6, 6.07) is -0.558. The number of hydrogen-bond donors (Lipinski definition) is 3. The standard InChI is InChI=1S/C70H119NO3/c1-3-5-7-9-11-13-15-17-19-21-23-25-27-28-29-30-31-32-33-34-35-36-37-38-39-40-41-42-44-46-48-50-52-54-56-58-60-62-64-66-70(74)71-68(67-72)69(73)65-63-61-59-57-55-53-51-49-47-45-43-26-24-22-20-18-16-14-12-10-8-6-4-2/h5,7,11,13,17,19,23,25,28-29,31-32,34-35,37-38,40-41,44,46,50,52,68-69,72-73H,3-4,6,8-10,12,14-16,18,20-22,24,26-27,30,33,36,39,42-43,45,47-49,51,53-67H2,1-2H3,(H,71,74)/b7-5-,13-11-,19-17-,25-23-,29-28-,32-31-,35-34-,38-37-,41-40-,46-44-,52-50-. The van der Waals surface area contributed by atoms with E-state index in [9.17, 15) is 15.0 Å². The Morgan fingerprint density at radius 2 is 0.595 bits per heavy atom. The number of carbonyl (C=O) groups excluding carboxylic acids is 1. The van der Waals surface area contributed by atoms with E-state index in [2.05, 4.69) is 153 Å². The third-order valence-electron chi connectivity index (χ3n) is 13.7. The number of allylic oxidation sites excluding steroid dienone is 22. The van der Waals surface area contributed by atoms with Crippen molar-refractivity contribution in [1.29, 1.82) is 0 Å². The molecule has 4 nitrogen and oxygen atoms in total. The topological polar surface area (TPSA) is 69.6 Å². The summed E-state index contributed by atoms with van der Waals surface area (Å²) in [5, 5.41) is 23.4. The van der Waals surface area contributed by atoms with Crippen molar-refractivity contribution in [2.45, 2.75) is 296 Å². The number of carbonyl (C=O) groups is 1. The number of aliphatic hydroxyl groups excluding tert-OH is 2. The second-order valence-electron chi connectivity index (χ2n) is 20.7. The van der Waals surface area contributed by atoms with Crippen molar-refractivity contribution in [2.75, 3.05) is 6.61 Å². The monoisotopic (exact) mass is 1020 g/mol. The first-order chi connectivity index (χ1) is 36.7. The van der Waals surface area contributed by atoms with Gasteiger partial charge in [0.1, 0.15) is 0 Å². The zero-order chi connectivity index (χ0) is 53.4. The Morgan fingerprint density at radius 3 is 0.892 bits per heavy atom. The Balaban J connectivity index is 3.62. The fraction of sp³-hybridized carbons (Fsp3) is 0.671. The van der Waals surface area contributed by atoms with Crippen molar-refractivity contribution in [3.8, 4) is 0 Å². The van der Waals surface area contributed by atoms with Crippen LogP contribution in [0.3, 0.4) is 0 Å². The third kappa shape index (κ3) is 59.4.